The molecule has 1 aromatic heterocycles. The quantitative estimate of drug-likeness (QED) is 0.803. The monoisotopic (exact) mass is 376 g/mol. The molecule has 0 aliphatic carbocycles. The predicted octanol–water partition coefficient (Wildman–Crippen LogP) is 4.53. The first kappa shape index (κ1) is 18.4. The molecule has 1 saturated heterocycles. The van der Waals surface area contributed by atoms with Gasteiger partial charge in [0, 0.05) is 16.4 Å². The van der Waals surface area contributed by atoms with E-state index in [1.807, 2.05) is 24.3 Å². The molecule has 134 valence electrons. The number of hydrogen-bond donors (Lipinski definition) is 1. The van der Waals surface area contributed by atoms with E-state index < -0.39 is 0 Å². The Hall–Kier alpha value is -1.36. The van der Waals surface area contributed by atoms with Crippen molar-refractivity contribution in [3.63, 3.8) is 0 Å². The maximum Gasteiger partial charge on any atom is 0.224 e. The molecule has 1 aliphatic heterocycles. The molecule has 5 heteroatoms. The minimum absolute atomic E-state index is 0.0641. The van der Waals surface area contributed by atoms with Gasteiger partial charge in [-0.3, -0.25) is 9.69 Å². The summed E-state index contributed by atoms with van der Waals surface area (Å²) < 4.78 is 0. The molecule has 1 aromatic carbocycles. The Morgan fingerprint density at radius 3 is 2.64 bits per heavy atom. The number of piperidine rings is 1. The van der Waals surface area contributed by atoms with Crippen LogP contribution in [0.2, 0.25) is 5.02 Å². The van der Waals surface area contributed by atoms with Crippen LogP contribution < -0.4 is 5.32 Å². The molecule has 1 N–H and O–H groups in total. The summed E-state index contributed by atoms with van der Waals surface area (Å²) in [6.07, 6.45) is 2.87. The Kier molecular flexibility index (Phi) is 6.51. The number of rotatable bonds is 6. The zero-order chi connectivity index (χ0) is 17.6. The molecule has 1 aliphatic rings. The molecule has 1 amide bonds. The smallest absolute Gasteiger partial charge is 0.224 e. The van der Waals surface area contributed by atoms with E-state index in [4.69, 9.17) is 11.6 Å². The molecule has 2 aromatic rings. The van der Waals surface area contributed by atoms with Crippen molar-refractivity contribution in [2.24, 2.45) is 5.92 Å². The van der Waals surface area contributed by atoms with Gasteiger partial charge in [0.1, 0.15) is 0 Å². The number of halogens is 1. The highest BCUT2D eigenvalue weighted by molar-refractivity contribution is 7.10. The van der Waals surface area contributed by atoms with Gasteiger partial charge in [0.25, 0.3) is 0 Å². The van der Waals surface area contributed by atoms with Gasteiger partial charge in [0.2, 0.25) is 5.91 Å². The van der Waals surface area contributed by atoms with Gasteiger partial charge >= 0.3 is 0 Å². The lowest BCUT2D eigenvalue weighted by molar-refractivity contribution is -0.120. The number of carbonyl (C=O) groups is 1. The number of carbonyl (C=O) groups excluding carboxylic acids is 1. The van der Waals surface area contributed by atoms with E-state index in [0.29, 0.717) is 18.0 Å². The van der Waals surface area contributed by atoms with Gasteiger partial charge in [0.15, 0.2) is 0 Å². The van der Waals surface area contributed by atoms with Crippen molar-refractivity contribution in [1.29, 1.82) is 0 Å². The van der Waals surface area contributed by atoms with Crippen molar-refractivity contribution < 1.29 is 4.79 Å². The summed E-state index contributed by atoms with van der Waals surface area (Å²) >= 11 is 7.67. The van der Waals surface area contributed by atoms with Crippen molar-refractivity contribution >= 4 is 28.8 Å². The van der Waals surface area contributed by atoms with Crippen molar-refractivity contribution in [1.82, 2.24) is 10.2 Å². The molecule has 1 unspecified atom stereocenters. The number of nitrogens with zero attached hydrogens (tertiary/aromatic N) is 1. The zero-order valence-corrected chi connectivity index (χ0v) is 16.2. The van der Waals surface area contributed by atoms with E-state index >= 15 is 0 Å². The van der Waals surface area contributed by atoms with E-state index in [2.05, 4.69) is 34.7 Å². The van der Waals surface area contributed by atoms with Crippen LogP contribution in [0.15, 0.2) is 41.8 Å². The van der Waals surface area contributed by atoms with Crippen LogP contribution in [0.1, 0.15) is 36.2 Å². The number of hydrogen-bond acceptors (Lipinski definition) is 3. The van der Waals surface area contributed by atoms with E-state index in [0.717, 1.165) is 24.6 Å². The third-order valence-corrected chi connectivity index (χ3v) is 6.13. The minimum atomic E-state index is 0.0641. The van der Waals surface area contributed by atoms with Crippen LogP contribution in [-0.2, 0) is 11.2 Å². The number of amides is 1. The lowest BCUT2D eigenvalue weighted by atomic mass is 9.97. The molecule has 3 nitrogen and oxygen atoms in total. The maximum atomic E-state index is 12.3. The first-order valence-electron chi connectivity index (χ1n) is 8.90. The minimum Gasteiger partial charge on any atom is -0.354 e. The first-order valence-corrected chi connectivity index (χ1v) is 10.2. The highest BCUT2D eigenvalue weighted by atomic mass is 35.5. The summed E-state index contributed by atoms with van der Waals surface area (Å²) in [6, 6.07) is 12.0. The molecule has 0 radical (unpaired) electrons. The van der Waals surface area contributed by atoms with Crippen LogP contribution >= 0.6 is 22.9 Å². The molecular weight excluding hydrogens is 352 g/mol. The van der Waals surface area contributed by atoms with E-state index in [9.17, 15) is 4.79 Å². The van der Waals surface area contributed by atoms with Crippen LogP contribution in [-0.4, -0.2) is 30.4 Å². The van der Waals surface area contributed by atoms with E-state index in [1.54, 1.807) is 11.3 Å². The molecule has 0 saturated carbocycles. The molecule has 1 fully saturated rings. The van der Waals surface area contributed by atoms with Gasteiger partial charge in [-0.1, -0.05) is 36.7 Å². The second-order valence-electron chi connectivity index (χ2n) is 6.86. The van der Waals surface area contributed by atoms with Gasteiger partial charge < -0.3 is 5.32 Å². The normalized spacial score (nSPS) is 17.4. The first-order chi connectivity index (χ1) is 12.1. The van der Waals surface area contributed by atoms with Gasteiger partial charge in [-0.15, -0.1) is 11.3 Å². The Bertz CT molecular complexity index is 664. The number of nitrogens with one attached hydrogen (secondary N) is 1. The van der Waals surface area contributed by atoms with Crippen LogP contribution in [0.25, 0.3) is 0 Å². The molecule has 2 heterocycles. The van der Waals surface area contributed by atoms with Gasteiger partial charge in [-0.2, -0.15) is 0 Å². The fraction of sp³-hybridized carbons (Fsp3) is 0.450. The second-order valence-corrected chi connectivity index (χ2v) is 8.27. The lowest BCUT2D eigenvalue weighted by Crippen LogP contribution is -2.41. The van der Waals surface area contributed by atoms with Crippen LogP contribution in [0.3, 0.4) is 0 Å². The van der Waals surface area contributed by atoms with Crippen molar-refractivity contribution in [3.8, 4) is 0 Å². The van der Waals surface area contributed by atoms with Crippen LogP contribution in [0.4, 0.5) is 0 Å². The van der Waals surface area contributed by atoms with Crippen molar-refractivity contribution in [2.75, 3.05) is 19.6 Å². The van der Waals surface area contributed by atoms with Gasteiger partial charge in [0.05, 0.1) is 12.5 Å². The molecular formula is C20H25ClN2OS. The second kappa shape index (κ2) is 8.84. The molecule has 0 spiro atoms. The summed E-state index contributed by atoms with van der Waals surface area (Å²) in [7, 11) is 0. The van der Waals surface area contributed by atoms with E-state index in [-0.39, 0.29) is 11.9 Å². The lowest BCUT2D eigenvalue weighted by Gasteiger charge is -2.36. The number of benzene rings is 1. The number of thiophene rings is 1. The fourth-order valence-corrected chi connectivity index (χ4v) is 4.28. The topological polar surface area (TPSA) is 32.3 Å². The Morgan fingerprint density at radius 1 is 1.28 bits per heavy atom. The van der Waals surface area contributed by atoms with Gasteiger partial charge in [-0.25, -0.2) is 0 Å². The Morgan fingerprint density at radius 2 is 2.00 bits per heavy atom. The summed E-state index contributed by atoms with van der Waals surface area (Å²) in [5, 5.41) is 5.95. The van der Waals surface area contributed by atoms with Crippen molar-refractivity contribution in [3.05, 3.63) is 57.2 Å². The van der Waals surface area contributed by atoms with Gasteiger partial charge in [-0.05, 0) is 61.0 Å². The number of likely N-dealkylation sites (tertiary alicyclic amines) is 1. The standard InChI is InChI=1S/C20H25ClN2OS/c1-15-8-10-23(11-9-15)18(19-3-2-12-25-19)14-22-20(24)13-16-4-6-17(21)7-5-16/h2-7,12,15,18H,8-11,13-14H2,1H3,(H,22,24). The van der Waals surface area contributed by atoms with E-state index in [1.165, 1.54) is 17.7 Å². The zero-order valence-electron chi connectivity index (χ0n) is 14.6. The highest BCUT2D eigenvalue weighted by Crippen LogP contribution is 2.29. The summed E-state index contributed by atoms with van der Waals surface area (Å²) in [4.78, 5) is 16.2. The average Bonchev–Trinajstić information content (AvgIpc) is 3.13. The summed E-state index contributed by atoms with van der Waals surface area (Å²) in [6.45, 7) is 5.21. The third kappa shape index (κ3) is 5.30. The average molecular weight is 377 g/mol. The van der Waals surface area contributed by atoms with Crippen LogP contribution in [0.5, 0.6) is 0 Å². The predicted molar refractivity (Wildman–Crippen MR) is 105 cm³/mol. The Labute approximate surface area is 159 Å². The summed E-state index contributed by atoms with van der Waals surface area (Å²) in [5.41, 5.74) is 0.987. The van der Waals surface area contributed by atoms with Crippen LogP contribution in [0, 0.1) is 5.92 Å². The SMILES string of the molecule is CC1CCN(C(CNC(=O)Cc2ccc(Cl)cc2)c2cccs2)CC1. The maximum absolute atomic E-state index is 12.3. The fourth-order valence-electron chi connectivity index (χ4n) is 3.29. The third-order valence-electron chi connectivity index (χ3n) is 4.90. The van der Waals surface area contributed by atoms with Crippen molar-refractivity contribution in [2.45, 2.75) is 32.2 Å². The Balaban J connectivity index is 1.58. The summed E-state index contributed by atoms with van der Waals surface area (Å²) in [5.74, 6) is 0.869. The molecule has 25 heavy (non-hydrogen) atoms. The largest absolute Gasteiger partial charge is 0.354 e. The molecule has 1 atom stereocenters. The highest BCUT2D eigenvalue weighted by Gasteiger charge is 2.25. The molecule has 0 bridgehead atoms. The molecule has 3 rings (SSSR count).